The molecule has 3 aromatic heterocycles. The molecule has 2 aliphatic rings. The standard InChI is InChI=1S/C48H30N4O8.Pt/c53-45(54)29-9-1-25(2-10-29)41-33-17-19-35(49-33)42(26-3-11-30(12-4-26)46(55)56)37-21-23-39(51-37)44(28-7-15-32(16-8-28)48(59)60)40-24-22-38(52-40)43(36-20-18-34(41)50-36)27-5-13-31(14-6-27)47(57)58;/h1-24,49,52H,(H,53,54)(H,55,56)(H,57,58)(H,59,60);/q;+2. The molecule has 0 radical (unpaired) electrons. The maximum atomic E-state index is 11.8. The van der Waals surface area contributed by atoms with Gasteiger partial charge in [0.2, 0.25) is 0 Å². The maximum absolute atomic E-state index is 11.8. The van der Waals surface area contributed by atoms with Crippen LogP contribution in [0.4, 0.5) is 0 Å². The van der Waals surface area contributed by atoms with Crippen LogP contribution in [0.3, 0.4) is 0 Å². The van der Waals surface area contributed by atoms with Crippen molar-refractivity contribution >= 4 is 70.2 Å². The first-order valence-electron chi connectivity index (χ1n) is 18.5. The minimum atomic E-state index is -1.06. The summed E-state index contributed by atoms with van der Waals surface area (Å²) in [6.07, 6.45) is 7.47. The number of nitrogens with zero attached hydrogens (tertiary/aromatic N) is 2. The fourth-order valence-electron chi connectivity index (χ4n) is 7.54. The van der Waals surface area contributed by atoms with Crippen molar-refractivity contribution < 1.29 is 60.7 Å². The average Bonchev–Trinajstić information content (AvgIpc) is 4.10. The molecule has 0 atom stereocenters. The molecule has 12 nitrogen and oxygen atoms in total. The van der Waals surface area contributed by atoms with Crippen LogP contribution in [0, 0.1) is 0 Å². The molecular weight excluding hydrogens is 956 g/mol. The number of carboxylic acids is 4. The second-order valence-electron chi connectivity index (χ2n) is 14.0. The zero-order valence-electron chi connectivity index (χ0n) is 31.5. The summed E-state index contributed by atoms with van der Waals surface area (Å²) in [5, 5.41) is 38.7. The van der Waals surface area contributed by atoms with Gasteiger partial charge in [0.25, 0.3) is 0 Å². The van der Waals surface area contributed by atoms with Crippen molar-refractivity contribution in [2.45, 2.75) is 0 Å². The van der Waals surface area contributed by atoms with E-state index < -0.39 is 23.9 Å². The van der Waals surface area contributed by atoms with E-state index in [0.29, 0.717) is 89.4 Å². The van der Waals surface area contributed by atoms with Crippen LogP contribution >= 0.6 is 0 Å². The van der Waals surface area contributed by atoms with Crippen molar-refractivity contribution in [1.82, 2.24) is 19.9 Å². The summed E-state index contributed by atoms with van der Waals surface area (Å²) in [6, 6.07) is 33.6. The summed E-state index contributed by atoms with van der Waals surface area (Å²) >= 11 is 0. The number of carboxylic acid groups (broad SMARTS) is 4. The van der Waals surface area contributed by atoms with Crippen LogP contribution in [0.1, 0.15) is 64.2 Å². The van der Waals surface area contributed by atoms with E-state index in [1.165, 1.54) is 48.5 Å². The molecule has 13 heteroatoms. The molecule has 0 unspecified atom stereocenters. The second-order valence-corrected chi connectivity index (χ2v) is 14.0. The van der Waals surface area contributed by atoms with Gasteiger partial charge in [-0.2, -0.15) is 0 Å². The Morgan fingerprint density at radius 3 is 0.705 bits per heavy atom. The minimum absolute atomic E-state index is 0. The first-order valence-corrected chi connectivity index (χ1v) is 18.5. The molecule has 61 heavy (non-hydrogen) atoms. The van der Waals surface area contributed by atoms with Crippen molar-refractivity contribution in [2.75, 3.05) is 0 Å². The molecule has 6 N–H and O–H groups in total. The Labute approximate surface area is 360 Å². The first-order chi connectivity index (χ1) is 29.0. The molecule has 0 aliphatic carbocycles. The number of carbonyl (C=O) groups is 4. The largest absolute Gasteiger partial charge is 2.00 e. The van der Waals surface area contributed by atoms with E-state index in [1.807, 2.05) is 48.6 Å². The smallest absolute Gasteiger partial charge is 0.478 e. The Hall–Kier alpha value is -7.95. The van der Waals surface area contributed by atoms with Crippen molar-refractivity contribution in [2.24, 2.45) is 0 Å². The average molecular weight is 986 g/mol. The van der Waals surface area contributed by atoms with Crippen molar-refractivity contribution in [1.29, 1.82) is 0 Å². The quantitative estimate of drug-likeness (QED) is 0.0849. The summed E-state index contributed by atoms with van der Waals surface area (Å²) in [5.41, 5.74) is 10.7. The van der Waals surface area contributed by atoms with E-state index in [0.717, 1.165) is 0 Å². The van der Waals surface area contributed by atoms with Crippen LogP contribution in [0.15, 0.2) is 121 Å². The fraction of sp³-hybridized carbons (Fsp3) is 0. The molecule has 5 heterocycles. The van der Waals surface area contributed by atoms with Gasteiger partial charge in [0, 0.05) is 44.3 Å². The molecule has 0 saturated carbocycles. The number of rotatable bonds is 8. The zero-order chi connectivity index (χ0) is 41.7. The number of benzene rings is 4. The third kappa shape index (κ3) is 7.48. The molecule has 7 aromatic rings. The van der Waals surface area contributed by atoms with Crippen LogP contribution in [-0.2, 0) is 21.1 Å². The number of H-pyrrole nitrogens is 2. The van der Waals surface area contributed by atoms with Crippen molar-refractivity contribution in [3.05, 3.63) is 166 Å². The predicted octanol–water partition coefficient (Wildman–Crippen LogP) is 10.1. The number of fused-ring (bicyclic) bond motifs is 8. The fourth-order valence-corrected chi connectivity index (χ4v) is 7.54. The van der Waals surface area contributed by atoms with Gasteiger partial charge in [-0.25, -0.2) is 29.1 Å². The van der Waals surface area contributed by atoms with Gasteiger partial charge in [-0.3, -0.25) is 0 Å². The summed E-state index contributed by atoms with van der Waals surface area (Å²) in [5.74, 6) is -4.25. The Morgan fingerprint density at radius 2 is 0.525 bits per heavy atom. The number of aromatic nitrogens is 4. The molecule has 0 saturated heterocycles. The third-order valence-corrected chi connectivity index (χ3v) is 10.4. The van der Waals surface area contributed by atoms with Crippen LogP contribution in [0.2, 0.25) is 0 Å². The summed E-state index contributed by atoms with van der Waals surface area (Å²) in [7, 11) is 0. The van der Waals surface area contributed by atoms with Gasteiger partial charge in [0.1, 0.15) is 0 Å². The Balaban J connectivity index is 0.00000514. The second kappa shape index (κ2) is 16.0. The van der Waals surface area contributed by atoms with Gasteiger partial charge >= 0.3 is 44.9 Å². The number of aromatic amines is 2. The molecule has 9 rings (SSSR count). The molecule has 0 fully saturated rings. The molecular formula is C48H30N4O8Pt+2. The zero-order valence-corrected chi connectivity index (χ0v) is 33.8. The van der Waals surface area contributed by atoms with Crippen molar-refractivity contribution in [3.63, 3.8) is 0 Å². The van der Waals surface area contributed by atoms with Gasteiger partial charge in [0.15, 0.2) is 0 Å². The molecule has 298 valence electrons. The van der Waals surface area contributed by atoms with E-state index in [4.69, 9.17) is 9.97 Å². The Morgan fingerprint density at radius 1 is 0.328 bits per heavy atom. The first kappa shape index (κ1) is 39.9. The van der Waals surface area contributed by atoms with Gasteiger partial charge in [-0.05, 0) is 119 Å². The predicted molar refractivity (Wildman–Crippen MR) is 228 cm³/mol. The minimum Gasteiger partial charge on any atom is -0.478 e. The van der Waals surface area contributed by atoms with Gasteiger partial charge < -0.3 is 30.4 Å². The summed E-state index contributed by atoms with van der Waals surface area (Å²) < 4.78 is 0. The van der Waals surface area contributed by atoms with E-state index in [9.17, 15) is 39.6 Å². The number of hydrogen-bond acceptors (Lipinski definition) is 6. The summed E-state index contributed by atoms with van der Waals surface area (Å²) in [6.45, 7) is 0. The summed E-state index contributed by atoms with van der Waals surface area (Å²) in [4.78, 5) is 64.8. The van der Waals surface area contributed by atoms with Crippen LogP contribution in [0.25, 0.3) is 90.9 Å². The molecule has 8 bridgehead atoms. The number of nitrogens with one attached hydrogen (secondary N) is 2. The van der Waals surface area contributed by atoms with Gasteiger partial charge in [0.05, 0.1) is 45.0 Å². The molecule has 0 amide bonds. The van der Waals surface area contributed by atoms with E-state index in [-0.39, 0.29) is 43.3 Å². The van der Waals surface area contributed by atoms with Crippen LogP contribution in [0.5, 0.6) is 0 Å². The Bertz CT molecular complexity index is 2760. The number of hydrogen-bond donors (Lipinski definition) is 6. The van der Waals surface area contributed by atoms with E-state index in [1.54, 1.807) is 48.5 Å². The Kier molecular flexibility index (Phi) is 10.5. The van der Waals surface area contributed by atoms with Gasteiger partial charge in [-0.1, -0.05) is 48.5 Å². The topological polar surface area (TPSA) is 207 Å². The molecule has 0 spiro atoms. The van der Waals surface area contributed by atoms with Crippen molar-refractivity contribution in [3.8, 4) is 44.5 Å². The third-order valence-electron chi connectivity index (χ3n) is 10.4. The SMILES string of the molecule is O=C(O)c1ccc(-c2c3nc(c(-c4ccc(C(=O)O)cc4)c4ccc([nH]4)c(-c4ccc(C(=O)O)cc4)c4nc(c(-c5ccc(C(=O)O)cc5)c5ccc2[nH]5)C=C4)C=C3)cc1.[Pt+2]. The molecule has 4 aromatic carbocycles. The maximum Gasteiger partial charge on any atom is 2.00 e. The van der Waals surface area contributed by atoms with Gasteiger partial charge in [-0.15, -0.1) is 0 Å². The molecule has 2 aliphatic heterocycles. The number of aromatic carboxylic acids is 4. The monoisotopic (exact) mass is 985 g/mol. The van der Waals surface area contributed by atoms with Crippen LogP contribution in [-0.4, -0.2) is 64.2 Å². The van der Waals surface area contributed by atoms with E-state index >= 15 is 0 Å². The normalized spacial score (nSPS) is 11.5. The van der Waals surface area contributed by atoms with Crippen LogP contribution < -0.4 is 0 Å². The van der Waals surface area contributed by atoms with E-state index in [2.05, 4.69) is 9.97 Å².